The quantitative estimate of drug-likeness (QED) is 0.666. The molecule has 5 nitrogen and oxygen atoms in total. The van der Waals surface area contributed by atoms with Gasteiger partial charge >= 0.3 is 6.18 Å². The van der Waals surface area contributed by atoms with Crippen molar-refractivity contribution < 1.29 is 18.0 Å². The largest absolute Gasteiger partial charge is 0.417 e. The molecule has 0 radical (unpaired) electrons. The van der Waals surface area contributed by atoms with E-state index in [0.29, 0.717) is 25.2 Å². The van der Waals surface area contributed by atoms with Gasteiger partial charge in [-0.1, -0.05) is 12.8 Å². The van der Waals surface area contributed by atoms with Crippen molar-refractivity contribution in [1.82, 2.24) is 4.98 Å². The number of rotatable bonds is 7. The molecule has 0 aliphatic heterocycles. The summed E-state index contributed by atoms with van der Waals surface area (Å²) in [5.74, 6) is -0.479. The third-order valence-electron chi connectivity index (χ3n) is 2.86. The Kier molecular flexibility index (Phi) is 8.81. The van der Waals surface area contributed by atoms with E-state index in [4.69, 9.17) is 5.73 Å². The van der Waals surface area contributed by atoms with Crippen LogP contribution in [0.3, 0.4) is 0 Å². The molecule has 126 valence electrons. The van der Waals surface area contributed by atoms with Crippen molar-refractivity contribution in [2.75, 3.05) is 11.9 Å². The lowest BCUT2D eigenvalue weighted by molar-refractivity contribution is -0.137. The molecule has 0 saturated heterocycles. The number of carbonyl (C=O) groups is 1. The van der Waals surface area contributed by atoms with E-state index in [0.717, 1.165) is 19.3 Å². The van der Waals surface area contributed by atoms with Gasteiger partial charge in [-0.15, -0.1) is 12.4 Å². The second-order valence-electron chi connectivity index (χ2n) is 4.63. The Morgan fingerprint density at radius 3 is 2.45 bits per heavy atom. The summed E-state index contributed by atoms with van der Waals surface area (Å²) in [4.78, 5) is 24.9. The lowest BCUT2D eigenvalue weighted by atomic mass is 10.1. The summed E-state index contributed by atoms with van der Waals surface area (Å²) < 4.78 is 37.5. The molecule has 9 heteroatoms. The minimum Gasteiger partial charge on any atom is -0.330 e. The Bertz CT molecular complexity index is 532. The molecule has 1 amide bonds. The van der Waals surface area contributed by atoms with Gasteiger partial charge in [0.2, 0.25) is 5.91 Å². The summed E-state index contributed by atoms with van der Waals surface area (Å²) in [6.45, 7) is 0.589. The van der Waals surface area contributed by atoms with Crippen LogP contribution in [0.25, 0.3) is 0 Å². The highest BCUT2D eigenvalue weighted by molar-refractivity contribution is 5.90. The van der Waals surface area contributed by atoms with E-state index in [1.807, 2.05) is 4.98 Å². The molecule has 1 rings (SSSR count). The van der Waals surface area contributed by atoms with Crippen LogP contribution in [-0.2, 0) is 11.0 Å². The van der Waals surface area contributed by atoms with E-state index < -0.39 is 28.9 Å². The van der Waals surface area contributed by atoms with Gasteiger partial charge in [0.05, 0.1) is 5.56 Å². The fraction of sp³-hybridized carbons (Fsp3) is 0.538. The summed E-state index contributed by atoms with van der Waals surface area (Å²) >= 11 is 0. The summed E-state index contributed by atoms with van der Waals surface area (Å²) in [7, 11) is 0. The first-order chi connectivity index (χ1) is 9.84. The van der Waals surface area contributed by atoms with Crippen LogP contribution in [0.1, 0.15) is 37.7 Å². The second kappa shape index (κ2) is 9.47. The van der Waals surface area contributed by atoms with E-state index >= 15 is 0 Å². The first-order valence-electron chi connectivity index (χ1n) is 6.64. The first-order valence-corrected chi connectivity index (χ1v) is 6.64. The molecule has 1 heterocycles. The van der Waals surface area contributed by atoms with Crippen molar-refractivity contribution in [3.8, 4) is 0 Å². The highest BCUT2D eigenvalue weighted by atomic mass is 35.5. The lowest BCUT2D eigenvalue weighted by Gasteiger charge is -2.09. The minimum absolute atomic E-state index is 0. The molecule has 0 saturated carbocycles. The molecule has 0 spiro atoms. The number of H-pyrrole nitrogens is 1. The topological polar surface area (TPSA) is 88.0 Å². The fourth-order valence-electron chi connectivity index (χ4n) is 1.74. The van der Waals surface area contributed by atoms with E-state index in [1.54, 1.807) is 0 Å². The van der Waals surface area contributed by atoms with Crippen LogP contribution in [0.15, 0.2) is 17.1 Å². The monoisotopic (exact) mass is 341 g/mol. The number of amides is 1. The normalized spacial score (nSPS) is 10.9. The average Bonchev–Trinajstić information content (AvgIpc) is 2.40. The van der Waals surface area contributed by atoms with Crippen molar-refractivity contribution in [1.29, 1.82) is 0 Å². The number of alkyl halides is 3. The molecular weight excluding hydrogens is 323 g/mol. The summed E-state index contributed by atoms with van der Waals surface area (Å²) in [5.41, 5.74) is 3.16. The Morgan fingerprint density at radius 1 is 1.23 bits per heavy atom. The van der Waals surface area contributed by atoms with Crippen LogP contribution in [-0.4, -0.2) is 17.4 Å². The summed E-state index contributed by atoms with van der Waals surface area (Å²) in [6.07, 6.45) is -0.675. The molecule has 22 heavy (non-hydrogen) atoms. The molecule has 0 aliphatic carbocycles. The third kappa shape index (κ3) is 6.95. The average molecular weight is 342 g/mol. The van der Waals surface area contributed by atoms with E-state index in [9.17, 15) is 22.8 Å². The van der Waals surface area contributed by atoms with Gasteiger partial charge < -0.3 is 16.0 Å². The van der Waals surface area contributed by atoms with Crippen molar-refractivity contribution in [2.45, 2.75) is 38.3 Å². The van der Waals surface area contributed by atoms with Crippen LogP contribution in [0.4, 0.5) is 18.9 Å². The Balaban J connectivity index is 0.00000441. The van der Waals surface area contributed by atoms with Gasteiger partial charge in [0.1, 0.15) is 5.69 Å². The van der Waals surface area contributed by atoms with Gasteiger partial charge in [-0.25, -0.2) is 0 Å². The van der Waals surface area contributed by atoms with Crippen LogP contribution in [0.5, 0.6) is 0 Å². The first kappa shape index (κ1) is 20.5. The maximum Gasteiger partial charge on any atom is 0.417 e. The number of hydrogen-bond donors (Lipinski definition) is 3. The molecule has 0 fully saturated rings. The van der Waals surface area contributed by atoms with E-state index in [1.165, 1.54) is 0 Å². The van der Waals surface area contributed by atoms with Crippen LogP contribution in [0.2, 0.25) is 0 Å². The minimum atomic E-state index is -4.58. The molecule has 1 aromatic heterocycles. The Morgan fingerprint density at radius 2 is 1.86 bits per heavy atom. The predicted molar refractivity (Wildman–Crippen MR) is 80.1 cm³/mol. The molecule has 0 atom stereocenters. The zero-order valence-corrected chi connectivity index (χ0v) is 12.6. The number of unbranched alkanes of at least 4 members (excludes halogenated alkanes) is 3. The second-order valence-corrected chi connectivity index (χ2v) is 4.63. The number of anilines is 1. The number of nitrogens with one attached hydrogen (secondary N) is 2. The molecule has 0 bridgehead atoms. The van der Waals surface area contributed by atoms with Crippen LogP contribution in [0, 0.1) is 0 Å². The number of aromatic nitrogens is 1. The number of carbonyl (C=O) groups excluding carboxylic acids is 1. The van der Waals surface area contributed by atoms with Gasteiger partial charge in [0.25, 0.3) is 5.56 Å². The molecule has 0 aromatic carbocycles. The molecule has 4 N–H and O–H groups in total. The summed E-state index contributed by atoms with van der Waals surface area (Å²) in [5, 5.41) is 2.21. The van der Waals surface area contributed by atoms with Crippen LogP contribution >= 0.6 is 12.4 Å². The number of aromatic amines is 1. The molecular formula is C13H19ClF3N3O2. The van der Waals surface area contributed by atoms with Crippen molar-refractivity contribution in [2.24, 2.45) is 5.73 Å². The van der Waals surface area contributed by atoms with Crippen molar-refractivity contribution >= 4 is 24.0 Å². The number of nitrogens with two attached hydrogens (primary N) is 1. The highest BCUT2D eigenvalue weighted by Crippen LogP contribution is 2.29. The van der Waals surface area contributed by atoms with Crippen molar-refractivity contribution in [3.63, 3.8) is 0 Å². The number of halogens is 4. The predicted octanol–water partition coefficient (Wildman–Crippen LogP) is 2.66. The SMILES string of the molecule is Cl.NCCCCCCC(=O)Nc1cc(C(F)(F)F)c[nH]c1=O. The maximum absolute atomic E-state index is 12.5. The maximum atomic E-state index is 12.5. The van der Waals surface area contributed by atoms with Gasteiger partial charge in [-0.2, -0.15) is 13.2 Å². The third-order valence-corrected chi connectivity index (χ3v) is 2.86. The van der Waals surface area contributed by atoms with Gasteiger partial charge in [0.15, 0.2) is 0 Å². The number of pyridine rings is 1. The van der Waals surface area contributed by atoms with E-state index in [2.05, 4.69) is 5.32 Å². The standard InChI is InChI=1S/C13H18F3N3O2.ClH/c14-13(15,16)9-7-10(12(21)18-8-9)19-11(20)5-3-1-2-4-6-17;/h7-8H,1-6,17H2,(H,18,21)(H,19,20);1H. The van der Waals surface area contributed by atoms with Gasteiger partial charge in [0, 0.05) is 12.6 Å². The Hall–Kier alpha value is -1.54. The Labute approximate surface area is 131 Å². The van der Waals surface area contributed by atoms with Crippen LogP contribution < -0.4 is 16.6 Å². The lowest BCUT2D eigenvalue weighted by Crippen LogP contribution is -2.21. The fourth-order valence-corrected chi connectivity index (χ4v) is 1.74. The smallest absolute Gasteiger partial charge is 0.330 e. The zero-order chi connectivity index (χ0) is 15.9. The van der Waals surface area contributed by atoms with Gasteiger partial charge in [-0.05, 0) is 25.5 Å². The van der Waals surface area contributed by atoms with Gasteiger partial charge in [-0.3, -0.25) is 9.59 Å². The van der Waals surface area contributed by atoms with Crippen molar-refractivity contribution in [3.05, 3.63) is 28.2 Å². The number of hydrogen-bond acceptors (Lipinski definition) is 3. The highest BCUT2D eigenvalue weighted by Gasteiger charge is 2.31. The molecule has 0 unspecified atom stereocenters. The van der Waals surface area contributed by atoms with E-state index in [-0.39, 0.29) is 18.8 Å². The zero-order valence-electron chi connectivity index (χ0n) is 11.8. The molecule has 0 aliphatic rings. The summed E-state index contributed by atoms with van der Waals surface area (Å²) in [6, 6.07) is 0.630. The molecule has 1 aromatic rings.